The van der Waals surface area contributed by atoms with Crippen LogP contribution in [0.25, 0.3) is 21.1 Å². The van der Waals surface area contributed by atoms with Crippen molar-refractivity contribution < 1.29 is 9.53 Å². The standard InChI is InChI=1S/C18H16N4O2S2/c1-8-9(2)25-18(20-8)22-16(23)15-14(19)12-6-10-4-5-11(24-3)7-13(10)21-17(12)26-15/h4-7H,19H2,1-3H3,(H,20,22,23). The molecule has 0 aliphatic rings. The first-order valence-corrected chi connectivity index (χ1v) is 9.51. The number of fused-ring (bicyclic) bond motifs is 2. The molecule has 0 fully saturated rings. The Morgan fingerprint density at radius 1 is 1.19 bits per heavy atom. The van der Waals surface area contributed by atoms with E-state index in [-0.39, 0.29) is 5.91 Å². The number of carbonyl (C=O) groups excluding carboxylic acids is 1. The van der Waals surface area contributed by atoms with Gasteiger partial charge in [0.15, 0.2) is 5.13 Å². The molecule has 0 saturated heterocycles. The quantitative estimate of drug-likeness (QED) is 0.547. The molecule has 4 aromatic rings. The Morgan fingerprint density at radius 3 is 2.69 bits per heavy atom. The second-order valence-corrected chi connectivity index (χ2v) is 8.06. The molecule has 0 saturated carbocycles. The number of ether oxygens (including phenoxy) is 1. The van der Waals surface area contributed by atoms with Crippen molar-refractivity contribution in [3.8, 4) is 5.75 Å². The molecule has 3 aromatic heterocycles. The smallest absolute Gasteiger partial charge is 0.269 e. The van der Waals surface area contributed by atoms with E-state index in [0.717, 1.165) is 37.4 Å². The third kappa shape index (κ3) is 2.77. The van der Waals surface area contributed by atoms with Gasteiger partial charge in [0.1, 0.15) is 15.5 Å². The molecule has 0 radical (unpaired) electrons. The number of nitrogens with two attached hydrogens (primary N) is 1. The summed E-state index contributed by atoms with van der Waals surface area (Å²) in [6.07, 6.45) is 0. The molecule has 8 heteroatoms. The summed E-state index contributed by atoms with van der Waals surface area (Å²) in [5.74, 6) is 0.474. The fourth-order valence-corrected chi connectivity index (χ4v) is 4.44. The number of amides is 1. The summed E-state index contributed by atoms with van der Waals surface area (Å²) in [5.41, 5.74) is 8.40. The van der Waals surface area contributed by atoms with Crippen LogP contribution in [0.4, 0.5) is 10.8 Å². The third-order valence-corrected chi connectivity index (χ3v) is 6.28. The topological polar surface area (TPSA) is 90.1 Å². The summed E-state index contributed by atoms with van der Waals surface area (Å²) in [7, 11) is 1.62. The highest BCUT2D eigenvalue weighted by molar-refractivity contribution is 7.21. The number of pyridine rings is 1. The number of thiazole rings is 1. The molecule has 132 valence electrons. The lowest BCUT2D eigenvalue weighted by atomic mass is 10.1. The monoisotopic (exact) mass is 384 g/mol. The van der Waals surface area contributed by atoms with Crippen LogP contribution in [0.5, 0.6) is 5.75 Å². The Morgan fingerprint density at radius 2 is 2.00 bits per heavy atom. The minimum atomic E-state index is -0.263. The SMILES string of the molecule is COc1ccc2cc3c(N)c(C(=O)Nc4nc(C)c(C)s4)sc3nc2c1. The van der Waals surface area contributed by atoms with Crippen molar-refractivity contribution in [3.05, 3.63) is 39.7 Å². The number of thiophene rings is 1. The van der Waals surface area contributed by atoms with Gasteiger partial charge in [-0.2, -0.15) is 0 Å². The maximum atomic E-state index is 12.7. The molecule has 1 amide bonds. The van der Waals surface area contributed by atoms with Crippen LogP contribution in [0.2, 0.25) is 0 Å². The summed E-state index contributed by atoms with van der Waals surface area (Å²) in [5, 5.41) is 5.13. The molecule has 0 spiro atoms. The van der Waals surface area contributed by atoms with Gasteiger partial charge in [0.25, 0.3) is 5.91 Å². The maximum absolute atomic E-state index is 12.7. The molecule has 3 N–H and O–H groups in total. The summed E-state index contributed by atoms with van der Waals surface area (Å²) in [4.78, 5) is 23.9. The van der Waals surface area contributed by atoms with E-state index in [2.05, 4.69) is 15.3 Å². The van der Waals surface area contributed by atoms with Crippen LogP contribution in [-0.4, -0.2) is 23.0 Å². The first kappa shape index (κ1) is 16.7. The average molecular weight is 384 g/mol. The van der Waals surface area contributed by atoms with E-state index in [1.165, 1.54) is 22.7 Å². The van der Waals surface area contributed by atoms with E-state index in [4.69, 9.17) is 10.5 Å². The largest absolute Gasteiger partial charge is 0.497 e. The molecule has 0 unspecified atom stereocenters. The molecular weight excluding hydrogens is 368 g/mol. The van der Waals surface area contributed by atoms with Crippen molar-refractivity contribution in [2.75, 3.05) is 18.2 Å². The van der Waals surface area contributed by atoms with Crippen LogP contribution in [0.1, 0.15) is 20.2 Å². The maximum Gasteiger partial charge on any atom is 0.269 e. The number of carbonyl (C=O) groups is 1. The second-order valence-electron chi connectivity index (χ2n) is 5.86. The van der Waals surface area contributed by atoms with Crippen molar-refractivity contribution in [1.82, 2.24) is 9.97 Å². The van der Waals surface area contributed by atoms with Crippen molar-refractivity contribution in [3.63, 3.8) is 0 Å². The van der Waals surface area contributed by atoms with Gasteiger partial charge in [0, 0.05) is 21.7 Å². The van der Waals surface area contributed by atoms with Crippen LogP contribution in [0.3, 0.4) is 0 Å². The zero-order valence-electron chi connectivity index (χ0n) is 14.4. The van der Waals surface area contributed by atoms with E-state index < -0.39 is 0 Å². The molecule has 6 nitrogen and oxygen atoms in total. The van der Waals surface area contributed by atoms with E-state index >= 15 is 0 Å². The van der Waals surface area contributed by atoms with E-state index in [9.17, 15) is 4.79 Å². The minimum absolute atomic E-state index is 0.263. The predicted octanol–water partition coefficient (Wildman–Crippen LogP) is 4.37. The second kappa shape index (κ2) is 6.22. The molecular formula is C18H16N4O2S2. The van der Waals surface area contributed by atoms with Crippen LogP contribution in [0, 0.1) is 13.8 Å². The van der Waals surface area contributed by atoms with Crippen molar-refractivity contribution in [2.45, 2.75) is 13.8 Å². The van der Waals surface area contributed by atoms with Gasteiger partial charge in [-0.1, -0.05) is 0 Å². The molecule has 3 heterocycles. The normalized spacial score (nSPS) is 11.2. The Bertz CT molecular complexity index is 1140. The molecule has 4 rings (SSSR count). The molecule has 0 bridgehead atoms. The number of hydrogen-bond acceptors (Lipinski definition) is 7. The molecule has 26 heavy (non-hydrogen) atoms. The number of rotatable bonds is 3. The lowest BCUT2D eigenvalue weighted by Gasteiger charge is -2.02. The van der Waals surface area contributed by atoms with Gasteiger partial charge in [0.2, 0.25) is 0 Å². The van der Waals surface area contributed by atoms with E-state index in [1.54, 1.807) is 7.11 Å². The van der Waals surface area contributed by atoms with Crippen molar-refractivity contribution >= 4 is 60.5 Å². The molecule has 0 aliphatic carbocycles. The van der Waals surface area contributed by atoms with E-state index in [1.807, 2.05) is 38.1 Å². The van der Waals surface area contributed by atoms with Crippen LogP contribution < -0.4 is 15.8 Å². The molecule has 1 aromatic carbocycles. The van der Waals surface area contributed by atoms with Gasteiger partial charge in [-0.05, 0) is 32.0 Å². The zero-order valence-corrected chi connectivity index (χ0v) is 16.0. The van der Waals surface area contributed by atoms with Crippen LogP contribution in [0.15, 0.2) is 24.3 Å². The van der Waals surface area contributed by atoms with E-state index in [0.29, 0.717) is 15.7 Å². The fourth-order valence-electron chi connectivity index (χ4n) is 2.65. The number of aromatic nitrogens is 2. The zero-order chi connectivity index (χ0) is 18.4. The number of nitrogens with one attached hydrogen (secondary N) is 1. The van der Waals surface area contributed by atoms with Crippen molar-refractivity contribution in [2.24, 2.45) is 0 Å². The number of benzene rings is 1. The van der Waals surface area contributed by atoms with Gasteiger partial charge < -0.3 is 10.5 Å². The Hall–Kier alpha value is -2.71. The number of methoxy groups -OCH3 is 1. The highest BCUT2D eigenvalue weighted by Gasteiger charge is 2.19. The van der Waals surface area contributed by atoms with Crippen LogP contribution in [-0.2, 0) is 0 Å². The number of nitrogens with zero attached hydrogens (tertiary/aromatic N) is 2. The highest BCUT2D eigenvalue weighted by Crippen LogP contribution is 2.36. The summed E-state index contributed by atoms with van der Waals surface area (Å²) in [6.45, 7) is 3.89. The molecule has 0 atom stereocenters. The Kier molecular flexibility index (Phi) is 4.01. The minimum Gasteiger partial charge on any atom is -0.497 e. The number of hydrogen-bond donors (Lipinski definition) is 2. The van der Waals surface area contributed by atoms with Gasteiger partial charge in [0.05, 0.1) is 24.0 Å². The first-order valence-electron chi connectivity index (χ1n) is 7.88. The Balaban J connectivity index is 1.76. The van der Waals surface area contributed by atoms with Crippen LogP contribution >= 0.6 is 22.7 Å². The number of anilines is 2. The van der Waals surface area contributed by atoms with Gasteiger partial charge in [-0.25, -0.2) is 9.97 Å². The Labute approximate surface area is 157 Å². The molecule has 0 aliphatic heterocycles. The number of nitrogen functional groups attached to an aromatic ring is 1. The van der Waals surface area contributed by atoms with Gasteiger partial charge >= 0.3 is 0 Å². The van der Waals surface area contributed by atoms with Gasteiger partial charge in [-0.15, -0.1) is 22.7 Å². The number of aryl methyl sites for hydroxylation is 2. The van der Waals surface area contributed by atoms with Gasteiger partial charge in [-0.3, -0.25) is 10.1 Å². The fraction of sp³-hybridized carbons (Fsp3) is 0.167. The third-order valence-electron chi connectivity index (χ3n) is 4.18. The average Bonchev–Trinajstić information content (AvgIpc) is 3.11. The summed E-state index contributed by atoms with van der Waals surface area (Å²) < 4.78 is 5.25. The summed E-state index contributed by atoms with van der Waals surface area (Å²) >= 11 is 2.73. The lowest BCUT2D eigenvalue weighted by Crippen LogP contribution is -2.11. The summed E-state index contributed by atoms with van der Waals surface area (Å²) in [6, 6.07) is 7.63. The lowest BCUT2D eigenvalue weighted by molar-refractivity contribution is 0.103. The first-order chi connectivity index (χ1) is 12.5. The highest BCUT2D eigenvalue weighted by atomic mass is 32.1. The predicted molar refractivity (Wildman–Crippen MR) is 108 cm³/mol. The van der Waals surface area contributed by atoms with Crippen molar-refractivity contribution in [1.29, 1.82) is 0 Å².